The number of alkyl halides is 1. The number of methoxy groups -OCH3 is 1. The van der Waals surface area contributed by atoms with E-state index in [2.05, 4.69) is 5.32 Å². The maximum Gasteiger partial charge on any atom is 0.311 e. The van der Waals surface area contributed by atoms with Crippen molar-refractivity contribution in [3.63, 3.8) is 0 Å². The monoisotopic (exact) mass is 1160 g/mol. The number of hydrogen-bond acceptors (Lipinski definition) is 17. The van der Waals surface area contributed by atoms with Crippen LogP contribution in [-0.2, 0) is 47.6 Å². The number of nitrogens with one attached hydrogen (secondary N) is 1. The van der Waals surface area contributed by atoms with Gasteiger partial charge in [0.15, 0.2) is 24.0 Å². The summed E-state index contributed by atoms with van der Waals surface area (Å²) in [6.07, 6.45) is -5.40. The molecule has 0 aromatic heterocycles. The number of carbonyl (C=O) groups is 4. The number of ether oxygens (including phenoxy) is 6. The maximum absolute atomic E-state index is 17.9. The second-order valence-corrected chi connectivity index (χ2v) is 27.6. The van der Waals surface area contributed by atoms with Crippen LogP contribution in [0.15, 0.2) is 23.8 Å². The third kappa shape index (κ3) is 12.3. The summed E-state index contributed by atoms with van der Waals surface area (Å²) in [4.78, 5) is 57.8. The molecule has 26 atom stereocenters. The molecule has 0 aromatic carbocycles. The fourth-order valence-electron chi connectivity index (χ4n) is 16.7. The largest absolute Gasteiger partial charge is 0.459 e. The number of hydrogen-bond donors (Lipinski definition) is 7. The standard InChI is InChI=1S/C62H102FN3O16/c1-17-46-61(14,76)51(71)37(7)66(24-18-23-64-54(73)48-33(3)25-43-42-20-19-40-27-41(68)21-22-58(40,11)62(42,63)45(69)29-57(43,48)10)31-32(2)28-59(12,75)53(82-56-49(70)44(26-34(4)78-56)65(15)39(9)67)35(5)50(36(6)55(74)80-46)81-47-30-60(13,77-16)52(72)38(8)79-47/h21-22,27,32-38,42-53,56,69-72,75-76H,17-20,23-26,28-31H2,1-16H3,(H,64,73)/t32-,33-,34-,35+,36-,37-,38+,42?,43?,44+,45+,46-,47?,48-,49-,50+,51-,52+,53-,56?,57+,58+,59-,60-,61-,62+/m1/s1. The van der Waals surface area contributed by atoms with Gasteiger partial charge in [-0.25, -0.2) is 4.39 Å². The lowest BCUT2D eigenvalue weighted by atomic mass is 9.45. The summed E-state index contributed by atoms with van der Waals surface area (Å²) in [5, 5.41) is 76.0. The smallest absolute Gasteiger partial charge is 0.311 e. The van der Waals surface area contributed by atoms with Gasteiger partial charge < -0.3 is 69.3 Å². The minimum Gasteiger partial charge on any atom is -0.459 e. The first-order valence-electron chi connectivity index (χ1n) is 30.5. The summed E-state index contributed by atoms with van der Waals surface area (Å²) in [5.74, 6) is -5.21. The minimum absolute atomic E-state index is 0.0447. The normalized spacial score (nSPS) is 48.8. The Hall–Kier alpha value is -2.99. The topological polar surface area (TPSA) is 264 Å². The minimum atomic E-state index is -2.01. The molecule has 6 fully saturated rings. The number of allylic oxidation sites excluding steroid dienone is 4. The Balaban J connectivity index is 1.16. The van der Waals surface area contributed by atoms with E-state index in [-0.39, 0.29) is 74.1 Å². The van der Waals surface area contributed by atoms with Crippen LogP contribution in [0.25, 0.3) is 0 Å². The highest BCUT2D eigenvalue weighted by Crippen LogP contribution is 2.69. The number of aliphatic hydroxyl groups is 6. The van der Waals surface area contributed by atoms with E-state index in [0.29, 0.717) is 44.2 Å². The Morgan fingerprint density at radius 3 is 2.22 bits per heavy atom. The summed E-state index contributed by atoms with van der Waals surface area (Å²) in [5.41, 5.74) is -8.05. The van der Waals surface area contributed by atoms with Gasteiger partial charge in [0.1, 0.15) is 30.0 Å². The van der Waals surface area contributed by atoms with E-state index in [1.54, 1.807) is 75.4 Å². The quantitative estimate of drug-likeness (QED) is 0.101. The Labute approximate surface area is 486 Å². The van der Waals surface area contributed by atoms with Crippen LogP contribution in [0.4, 0.5) is 4.39 Å². The number of amides is 2. The number of halogens is 1. The zero-order chi connectivity index (χ0) is 61.1. The van der Waals surface area contributed by atoms with Crippen LogP contribution < -0.4 is 5.32 Å². The Morgan fingerprint density at radius 2 is 1.59 bits per heavy atom. The van der Waals surface area contributed by atoms with E-state index in [4.69, 9.17) is 28.4 Å². The van der Waals surface area contributed by atoms with Crippen molar-refractivity contribution < 1.29 is 82.6 Å². The van der Waals surface area contributed by atoms with Crippen molar-refractivity contribution in [3.8, 4) is 0 Å². The molecule has 82 heavy (non-hydrogen) atoms. The summed E-state index contributed by atoms with van der Waals surface area (Å²) in [7, 11) is 3.07. The number of esters is 1. The molecule has 19 nitrogen and oxygen atoms in total. The molecule has 20 heteroatoms. The van der Waals surface area contributed by atoms with Gasteiger partial charge in [-0.1, -0.05) is 46.3 Å². The third-order valence-electron chi connectivity index (χ3n) is 21.6. The summed E-state index contributed by atoms with van der Waals surface area (Å²) >= 11 is 0. The van der Waals surface area contributed by atoms with Crippen molar-refractivity contribution in [1.29, 1.82) is 0 Å². The average molecular weight is 1160 g/mol. The van der Waals surface area contributed by atoms with Crippen LogP contribution >= 0.6 is 0 Å². The van der Waals surface area contributed by atoms with Crippen molar-refractivity contribution >= 4 is 23.6 Å². The van der Waals surface area contributed by atoms with Crippen molar-refractivity contribution in [1.82, 2.24) is 15.1 Å². The lowest BCUT2D eigenvalue weighted by molar-refractivity contribution is -0.317. The summed E-state index contributed by atoms with van der Waals surface area (Å²) < 4.78 is 56.1. The molecule has 3 heterocycles. The van der Waals surface area contributed by atoms with E-state index in [9.17, 15) is 49.8 Å². The van der Waals surface area contributed by atoms with Crippen LogP contribution in [-0.4, -0.2) is 200 Å². The molecular weight excluding hydrogens is 1060 g/mol. The van der Waals surface area contributed by atoms with E-state index >= 15 is 4.39 Å². The first-order chi connectivity index (χ1) is 38.0. The zero-order valence-corrected chi connectivity index (χ0v) is 51.8. The van der Waals surface area contributed by atoms with Crippen molar-refractivity contribution in [2.24, 2.45) is 52.3 Å². The van der Waals surface area contributed by atoms with E-state index in [0.717, 1.165) is 0 Å². The molecule has 3 saturated heterocycles. The lowest BCUT2D eigenvalue weighted by Gasteiger charge is -2.61. The second kappa shape index (κ2) is 25.0. The summed E-state index contributed by atoms with van der Waals surface area (Å²) in [6, 6.07) is -1.49. The molecule has 7 N–H and O–H groups in total. The van der Waals surface area contributed by atoms with Gasteiger partial charge in [0.25, 0.3) is 0 Å². The molecule has 0 radical (unpaired) electrons. The molecule has 3 aliphatic heterocycles. The van der Waals surface area contributed by atoms with Crippen LogP contribution in [0.1, 0.15) is 155 Å². The van der Waals surface area contributed by atoms with Gasteiger partial charge >= 0.3 is 5.97 Å². The molecule has 0 bridgehead atoms. The number of nitrogens with zero attached hydrogens (tertiary/aromatic N) is 2. The fourth-order valence-corrected chi connectivity index (χ4v) is 16.7. The Kier molecular flexibility index (Phi) is 20.3. The number of fused-ring (bicyclic) bond motifs is 5. The molecule has 0 spiro atoms. The van der Waals surface area contributed by atoms with Gasteiger partial charge in [-0.05, 0) is 142 Å². The van der Waals surface area contributed by atoms with Crippen LogP contribution in [0.5, 0.6) is 0 Å². The highest BCUT2D eigenvalue weighted by atomic mass is 19.1. The Morgan fingerprint density at radius 1 is 0.915 bits per heavy atom. The highest BCUT2D eigenvalue weighted by molar-refractivity contribution is 6.01. The number of cyclic esters (lactones) is 1. The van der Waals surface area contributed by atoms with Gasteiger partial charge in [-0.3, -0.25) is 24.1 Å². The van der Waals surface area contributed by atoms with Crippen molar-refractivity contribution in [3.05, 3.63) is 23.8 Å². The van der Waals surface area contributed by atoms with Gasteiger partial charge in [0, 0.05) is 76.3 Å². The van der Waals surface area contributed by atoms with Crippen LogP contribution in [0.2, 0.25) is 0 Å². The first-order valence-corrected chi connectivity index (χ1v) is 30.5. The van der Waals surface area contributed by atoms with Gasteiger partial charge in [0.2, 0.25) is 11.8 Å². The number of aliphatic hydroxyl groups excluding tert-OH is 4. The molecule has 4 aliphatic carbocycles. The molecule has 468 valence electrons. The first kappa shape index (κ1) is 66.5. The predicted octanol–water partition coefficient (Wildman–Crippen LogP) is 4.93. The van der Waals surface area contributed by atoms with E-state index in [1.165, 1.54) is 38.0 Å². The molecule has 7 rings (SSSR count). The highest BCUT2D eigenvalue weighted by Gasteiger charge is 2.72. The third-order valence-corrected chi connectivity index (χ3v) is 21.6. The van der Waals surface area contributed by atoms with Gasteiger partial charge in [-0.15, -0.1) is 0 Å². The van der Waals surface area contributed by atoms with E-state index in [1.807, 2.05) is 25.7 Å². The van der Waals surface area contributed by atoms with Gasteiger partial charge in [0.05, 0.1) is 53.7 Å². The lowest BCUT2D eigenvalue weighted by Crippen LogP contribution is -2.67. The SMILES string of the molecule is CC[C@H]1OC(=O)[C@H](C)[C@@H](OC2C[C@@](C)(OC)[C@@H](O)[C@H](C)O2)[C@H](C)[C@@H](OC2O[C@H](C)C[C@H](N(C)C(C)=O)[C@H]2O)[C@](C)(O)C[C@@H](C)CN(CCCNC(=O)[C@H]2[C@H](C)CC3C4CCC5=CC(=O)C=C[C@]5(C)[C@@]4(F)[C@@H](O)C[C@@]32C)[C@H](C)[C@@H](O)[C@]1(C)O. The molecule has 4 unspecified atom stereocenters. The number of ketones is 1. The molecule has 3 saturated carbocycles. The summed E-state index contributed by atoms with van der Waals surface area (Å²) in [6.45, 7) is 25.1. The Bertz CT molecular complexity index is 2360. The second-order valence-electron chi connectivity index (χ2n) is 27.6. The molecule has 7 aliphatic rings. The number of carbonyl (C=O) groups excluding carboxylic acids is 4. The zero-order valence-electron chi connectivity index (χ0n) is 51.8. The molecule has 0 aromatic rings. The maximum atomic E-state index is 17.9. The predicted molar refractivity (Wildman–Crippen MR) is 302 cm³/mol. The van der Waals surface area contributed by atoms with E-state index < -0.39 is 143 Å². The fraction of sp³-hybridized carbons (Fsp3) is 0.871. The average Bonchev–Trinajstić information content (AvgIpc) is 1.85. The molecular formula is C62H102FN3O16. The van der Waals surface area contributed by atoms with Crippen molar-refractivity contribution in [2.75, 3.05) is 33.8 Å². The van der Waals surface area contributed by atoms with Crippen LogP contribution in [0.3, 0.4) is 0 Å². The molecule has 2 amide bonds. The number of likely N-dealkylation sites (N-methyl/N-ethyl adjacent to an activating group) is 1. The van der Waals surface area contributed by atoms with Crippen molar-refractivity contribution in [2.45, 2.75) is 257 Å². The van der Waals surface area contributed by atoms with Crippen LogP contribution in [0, 0.1) is 52.3 Å². The number of rotatable bonds is 12. The van der Waals surface area contributed by atoms with Gasteiger partial charge in [-0.2, -0.15) is 0 Å².